The van der Waals surface area contributed by atoms with E-state index in [2.05, 4.69) is 5.32 Å². The average Bonchev–Trinajstić information content (AvgIpc) is 2.98. The molecule has 0 bridgehead atoms. The van der Waals surface area contributed by atoms with Crippen molar-refractivity contribution in [2.75, 3.05) is 19.8 Å². The lowest BCUT2D eigenvalue weighted by Crippen LogP contribution is -2.38. The molecule has 2 aromatic rings. The summed E-state index contributed by atoms with van der Waals surface area (Å²) in [7, 11) is 0. The molecule has 1 aromatic carbocycles. The highest BCUT2D eigenvalue weighted by Gasteiger charge is 2.30. The summed E-state index contributed by atoms with van der Waals surface area (Å²) in [6.07, 6.45) is 1.38. The van der Waals surface area contributed by atoms with Gasteiger partial charge in [-0.2, -0.15) is 0 Å². The molecule has 1 atom stereocenters. The van der Waals surface area contributed by atoms with Gasteiger partial charge in [-0.05, 0) is 43.0 Å². The molecule has 7 heteroatoms. The number of carbonyl (C=O) groups is 2. The van der Waals surface area contributed by atoms with Gasteiger partial charge in [0.2, 0.25) is 0 Å². The van der Waals surface area contributed by atoms with E-state index in [1.165, 1.54) is 0 Å². The van der Waals surface area contributed by atoms with Crippen molar-refractivity contribution in [3.63, 3.8) is 0 Å². The van der Waals surface area contributed by atoms with E-state index in [-0.39, 0.29) is 18.2 Å². The van der Waals surface area contributed by atoms with Gasteiger partial charge in [0.1, 0.15) is 5.58 Å². The van der Waals surface area contributed by atoms with E-state index in [0.29, 0.717) is 36.7 Å². The van der Waals surface area contributed by atoms with Crippen LogP contribution in [0.1, 0.15) is 23.4 Å². The lowest BCUT2D eigenvalue weighted by Gasteiger charge is -2.27. The van der Waals surface area contributed by atoms with Crippen molar-refractivity contribution in [3.8, 4) is 0 Å². The molecule has 0 saturated carbocycles. The zero-order valence-electron chi connectivity index (χ0n) is 13.0. The number of amides is 1. The van der Waals surface area contributed by atoms with Gasteiger partial charge in [0.15, 0.2) is 5.76 Å². The first-order valence-electron chi connectivity index (χ1n) is 7.82. The van der Waals surface area contributed by atoms with Crippen LogP contribution < -0.4 is 5.32 Å². The van der Waals surface area contributed by atoms with E-state index in [4.69, 9.17) is 20.8 Å². The van der Waals surface area contributed by atoms with Crippen molar-refractivity contribution >= 4 is 34.4 Å². The predicted molar refractivity (Wildman–Crippen MR) is 88.2 cm³/mol. The Balaban J connectivity index is 1.67. The summed E-state index contributed by atoms with van der Waals surface area (Å²) in [6, 6.07) is 6.68. The Bertz CT molecular complexity index is 751. The number of hydrogen-bond donors (Lipinski definition) is 2. The molecule has 3 rings (SSSR count). The summed E-state index contributed by atoms with van der Waals surface area (Å²) in [6.45, 7) is 1.19. The molecule has 1 aliphatic heterocycles. The van der Waals surface area contributed by atoms with E-state index in [0.717, 1.165) is 5.39 Å². The number of benzene rings is 1. The first kappa shape index (κ1) is 16.8. The van der Waals surface area contributed by atoms with Crippen LogP contribution in [-0.2, 0) is 9.53 Å². The first-order chi connectivity index (χ1) is 11.5. The van der Waals surface area contributed by atoms with Gasteiger partial charge < -0.3 is 19.6 Å². The van der Waals surface area contributed by atoms with Gasteiger partial charge in [-0.3, -0.25) is 9.59 Å². The number of aliphatic carboxylic acids is 1. The fourth-order valence-corrected chi connectivity index (χ4v) is 3.17. The maximum absolute atomic E-state index is 12.3. The summed E-state index contributed by atoms with van der Waals surface area (Å²) >= 11 is 5.91. The number of carbonyl (C=O) groups excluding carboxylic acids is 1. The Morgan fingerprint density at radius 3 is 2.75 bits per heavy atom. The van der Waals surface area contributed by atoms with Crippen LogP contribution >= 0.6 is 11.6 Å². The fourth-order valence-electron chi connectivity index (χ4n) is 2.99. The lowest BCUT2D eigenvalue weighted by molar-refractivity contribution is -0.144. The van der Waals surface area contributed by atoms with Crippen LogP contribution in [-0.4, -0.2) is 36.7 Å². The number of furan rings is 1. The Morgan fingerprint density at radius 1 is 1.29 bits per heavy atom. The van der Waals surface area contributed by atoms with Crippen LogP contribution in [0.15, 0.2) is 28.7 Å². The van der Waals surface area contributed by atoms with E-state index in [1.807, 2.05) is 0 Å². The molecule has 0 radical (unpaired) electrons. The molecule has 2 N–H and O–H groups in total. The number of hydrogen-bond acceptors (Lipinski definition) is 4. The monoisotopic (exact) mass is 351 g/mol. The van der Waals surface area contributed by atoms with Gasteiger partial charge in [0.25, 0.3) is 5.91 Å². The molecule has 1 aromatic heterocycles. The molecule has 2 heterocycles. The number of rotatable bonds is 5. The molecule has 1 saturated heterocycles. The number of halogens is 1. The minimum absolute atomic E-state index is 0.00558. The number of ether oxygens (including phenoxy) is 1. The Kier molecular flexibility index (Phi) is 5.06. The molecular formula is C17H18ClNO5. The lowest BCUT2D eigenvalue weighted by atomic mass is 9.86. The van der Waals surface area contributed by atoms with Crippen molar-refractivity contribution in [1.29, 1.82) is 0 Å². The third kappa shape index (κ3) is 3.71. The molecule has 1 aliphatic rings. The molecule has 1 unspecified atom stereocenters. The maximum Gasteiger partial charge on any atom is 0.308 e. The third-order valence-corrected chi connectivity index (χ3v) is 4.57. The normalized spacial score (nSPS) is 16.9. The summed E-state index contributed by atoms with van der Waals surface area (Å²) in [5.41, 5.74) is 0.559. The standard InChI is InChI=1S/C17H18ClNO5/c18-12-1-2-14-11(7-12)8-15(24-14)16(20)19-9-13(17(21)22)10-3-5-23-6-4-10/h1-2,7-8,10,13H,3-6,9H2,(H,19,20)(H,21,22). The van der Waals surface area contributed by atoms with E-state index in [1.54, 1.807) is 24.3 Å². The second-order valence-electron chi connectivity index (χ2n) is 5.90. The second-order valence-corrected chi connectivity index (χ2v) is 6.33. The Labute approximate surface area is 143 Å². The molecule has 6 nitrogen and oxygen atoms in total. The molecule has 1 amide bonds. The maximum atomic E-state index is 12.3. The van der Waals surface area contributed by atoms with Crippen molar-refractivity contribution in [3.05, 3.63) is 35.0 Å². The zero-order valence-corrected chi connectivity index (χ0v) is 13.7. The minimum Gasteiger partial charge on any atom is -0.481 e. The van der Waals surface area contributed by atoms with E-state index in [9.17, 15) is 14.7 Å². The number of fused-ring (bicyclic) bond motifs is 1. The quantitative estimate of drug-likeness (QED) is 0.864. The summed E-state index contributed by atoms with van der Waals surface area (Å²) in [5, 5.41) is 13.4. The van der Waals surface area contributed by atoms with Gasteiger partial charge in [0, 0.05) is 30.2 Å². The highest BCUT2D eigenvalue weighted by molar-refractivity contribution is 6.31. The molecule has 0 aliphatic carbocycles. The second kappa shape index (κ2) is 7.23. The van der Waals surface area contributed by atoms with Crippen LogP contribution in [0.25, 0.3) is 11.0 Å². The molecule has 128 valence electrons. The van der Waals surface area contributed by atoms with Crippen molar-refractivity contribution in [1.82, 2.24) is 5.32 Å². The van der Waals surface area contributed by atoms with E-state index >= 15 is 0 Å². The smallest absolute Gasteiger partial charge is 0.308 e. The topological polar surface area (TPSA) is 88.8 Å². The largest absolute Gasteiger partial charge is 0.481 e. The van der Waals surface area contributed by atoms with Crippen LogP contribution in [0.5, 0.6) is 0 Å². The molecule has 24 heavy (non-hydrogen) atoms. The first-order valence-corrected chi connectivity index (χ1v) is 8.20. The Hall–Kier alpha value is -2.05. The van der Waals surface area contributed by atoms with E-state index < -0.39 is 17.8 Å². The highest BCUT2D eigenvalue weighted by Crippen LogP contribution is 2.25. The number of carboxylic acid groups (broad SMARTS) is 1. The molecule has 1 fully saturated rings. The van der Waals surface area contributed by atoms with Crippen LogP contribution in [0, 0.1) is 11.8 Å². The van der Waals surface area contributed by atoms with Crippen molar-refractivity contribution < 1.29 is 23.8 Å². The third-order valence-electron chi connectivity index (χ3n) is 4.34. The van der Waals surface area contributed by atoms with Gasteiger partial charge in [-0.1, -0.05) is 11.6 Å². The van der Waals surface area contributed by atoms with Crippen LogP contribution in [0.4, 0.5) is 0 Å². The SMILES string of the molecule is O=C(NCC(C(=O)O)C1CCOCC1)c1cc2cc(Cl)ccc2o1. The summed E-state index contributed by atoms with van der Waals surface area (Å²) in [5.74, 6) is -1.81. The van der Waals surface area contributed by atoms with Crippen LogP contribution in [0.3, 0.4) is 0 Å². The van der Waals surface area contributed by atoms with Gasteiger partial charge in [-0.15, -0.1) is 0 Å². The zero-order chi connectivity index (χ0) is 17.1. The number of carboxylic acids is 1. The van der Waals surface area contributed by atoms with Crippen molar-refractivity contribution in [2.24, 2.45) is 11.8 Å². The van der Waals surface area contributed by atoms with Crippen LogP contribution in [0.2, 0.25) is 5.02 Å². The van der Waals surface area contributed by atoms with Gasteiger partial charge in [0.05, 0.1) is 5.92 Å². The average molecular weight is 352 g/mol. The molecule has 0 spiro atoms. The fraction of sp³-hybridized carbons (Fsp3) is 0.412. The van der Waals surface area contributed by atoms with Crippen molar-refractivity contribution in [2.45, 2.75) is 12.8 Å². The minimum atomic E-state index is -0.904. The molecular weight excluding hydrogens is 334 g/mol. The highest BCUT2D eigenvalue weighted by atomic mass is 35.5. The summed E-state index contributed by atoms with van der Waals surface area (Å²) < 4.78 is 10.7. The Morgan fingerprint density at radius 2 is 2.04 bits per heavy atom. The van der Waals surface area contributed by atoms with Gasteiger partial charge in [-0.25, -0.2) is 0 Å². The number of nitrogens with one attached hydrogen (secondary N) is 1. The van der Waals surface area contributed by atoms with Gasteiger partial charge >= 0.3 is 5.97 Å². The predicted octanol–water partition coefficient (Wildman–Crippen LogP) is 2.94. The summed E-state index contributed by atoms with van der Waals surface area (Å²) in [4.78, 5) is 23.7.